The van der Waals surface area contributed by atoms with Crippen LogP contribution in [-0.4, -0.2) is 30.1 Å². The van der Waals surface area contributed by atoms with Crippen molar-refractivity contribution in [3.63, 3.8) is 0 Å². The molecule has 0 aliphatic carbocycles. The van der Waals surface area contributed by atoms with Gasteiger partial charge in [-0.3, -0.25) is 14.3 Å². The van der Waals surface area contributed by atoms with Crippen LogP contribution in [0.4, 0.5) is 10.1 Å². The second kappa shape index (κ2) is 9.25. The third-order valence-electron chi connectivity index (χ3n) is 4.70. The maximum Gasteiger partial charge on any atom is 0.439 e. The van der Waals surface area contributed by atoms with Crippen molar-refractivity contribution in [2.75, 3.05) is 19.0 Å². The van der Waals surface area contributed by atoms with Gasteiger partial charge in [-0.2, -0.15) is 0 Å². The summed E-state index contributed by atoms with van der Waals surface area (Å²) in [5.41, 5.74) is 3.21. The Morgan fingerprint density at radius 3 is 2.70 bits per heavy atom. The van der Waals surface area contributed by atoms with E-state index in [2.05, 4.69) is 35.9 Å². The van der Waals surface area contributed by atoms with E-state index in [1.165, 1.54) is 12.1 Å². The van der Waals surface area contributed by atoms with Crippen LogP contribution in [0.1, 0.15) is 30.5 Å². The van der Waals surface area contributed by atoms with Gasteiger partial charge in [0.1, 0.15) is 5.82 Å². The SMILES string of the molecule is CC(NC(=O)CCc1ccc(-c2noc(=O)[nH]2)cc1Br)c1cc(F)ccc1N(C)C. The highest BCUT2D eigenvalue weighted by molar-refractivity contribution is 9.10. The van der Waals surface area contributed by atoms with E-state index in [9.17, 15) is 14.0 Å². The van der Waals surface area contributed by atoms with Gasteiger partial charge >= 0.3 is 5.76 Å². The Kier molecular flexibility index (Phi) is 6.71. The first-order chi connectivity index (χ1) is 14.2. The van der Waals surface area contributed by atoms with Crippen LogP contribution >= 0.6 is 15.9 Å². The summed E-state index contributed by atoms with van der Waals surface area (Å²) in [4.78, 5) is 28.0. The molecule has 0 aliphatic rings. The molecule has 1 amide bonds. The predicted molar refractivity (Wildman–Crippen MR) is 116 cm³/mol. The molecule has 0 fully saturated rings. The summed E-state index contributed by atoms with van der Waals surface area (Å²) in [6.07, 6.45) is 0.786. The topological polar surface area (TPSA) is 91.2 Å². The minimum absolute atomic E-state index is 0.131. The first kappa shape index (κ1) is 21.8. The summed E-state index contributed by atoms with van der Waals surface area (Å²) in [5, 5.41) is 6.60. The van der Waals surface area contributed by atoms with E-state index in [0.29, 0.717) is 17.8 Å². The average Bonchev–Trinajstić information content (AvgIpc) is 3.13. The van der Waals surface area contributed by atoms with Gasteiger partial charge in [0.15, 0.2) is 5.82 Å². The maximum absolute atomic E-state index is 13.7. The number of amides is 1. The molecular weight excluding hydrogens is 455 g/mol. The number of nitrogens with zero attached hydrogens (tertiary/aromatic N) is 2. The van der Waals surface area contributed by atoms with Crippen molar-refractivity contribution in [2.24, 2.45) is 0 Å². The number of aromatic nitrogens is 2. The Morgan fingerprint density at radius 1 is 1.30 bits per heavy atom. The van der Waals surface area contributed by atoms with Crippen LogP contribution in [0.5, 0.6) is 0 Å². The van der Waals surface area contributed by atoms with E-state index < -0.39 is 5.76 Å². The Bertz CT molecular complexity index is 1110. The van der Waals surface area contributed by atoms with Crippen molar-refractivity contribution in [3.8, 4) is 11.4 Å². The Labute approximate surface area is 181 Å². The third-order valence-corrected chi connectivity index (χ3v) is 5.44. The number of nitrogens with one attached hydrogen (secondary N) is 2. The molecule has 30 heavy (non-hydrogen) atoms. The largest absolute Gasteiger partial charge is 0.439 e. The molecule has 1 aromatic heterocycles. The Balaban J connectivity index is 1.63. The van der Waals surface area contributed by atoms with Crippen molar-refractivity contribution >= 4 is 27.5 Å². The maximum atomic E-state index is 13.7. The number of rotatable bonds is 7. The van der Waals surface area contributed by atoms with Crippen molar-refractivity contribution in [1.29, 1.82) is 0 Å². The quantitative estimate of drug-likeness (QED) is 0.540. The highest BCUT2D eigenvalue weighted by Gasteiger charge is 2.16. The molecule has 0 saturated heterocycles. The lowest BCUT2D eigenvalue weighted by Gasteiger charge is -2.22. The van der Waals surface area contributed by atoms with Gasteiger partial charge in [-0.05, 0) is 43.2 Å². The molecule has 9 heteroatoms. The molecule has 3 rings (SSSR count). The van der Waals surface area contributed by atoms with Crippen LogP contribution in [0, 0.1) is 5.82 Å². The summed E-state index contributed by atoms with van der Waals surface area (Å²) in [6, 6.07) is 9.69. The van der Waals surface area contributed by atoms with E-state index in [1.807, 2.05) is 32.0 Å². The van der Waals surface area contributed by atoms with Gasteiger partial charge in [-0.1, -0.05) is 33.2 Å². The molecule has 1 atom stereocenters. The summed E-state index contributed by atoms with van der Waals surface area (Å²) in [6.45, 7) is 1.84. The van der Waals surface area contributed by atoms with Crippen LogP contribution in [-0.2, 0) is 11.2 Å². The summed E-state index contributed by atoms with van der Waals surface area (Å²) in [5.74, 6) is -0.750. The summed E-state index contributed by atoms with van der Waals surface area (Å²) >= 11 is 3.49. The summed E-state index contributed by atoms with van der Waals surface area (Å²) < 4.78 is 19.0. The van der Waals surface area contributed by atoms with Crippen LogP contribution in [0.25, 0.3) is 11.4 Å². The third kappa shape index (κ3) is 5.15. The first-order valence-electron chi connectivity index (χ1n) is 9.35. The lowest BCUT2D eigenvalue weighted by Crippen LogP contribution is -2.28. The van der Waals surface area contributed by atoms with Gasteiger partial charge in [-0.25, -0.2) is 9.18 Å². The van der Waals surface area contributed by atoms with Gasteiger partial charge in [0.25, 0.3) is 0 Å². The number of benzene rings is 2. The van der Waals surface area contributed by atoms with Crippen molar-refractivity contribution < 1.29 is 13.7 Å². The number of aryl methyl sites for hydroxylation is 1. The zero-order valence-corrected chi connectivity index (χ0v) is 18.4. The molecule has 0 bridgehead atoms. The standard InChI is InChI=1S/C21H22BrFN4O3/c1-12(16-11-15(23)7-8-18(16)27(2)3)24-19(28)9-6-13-4-5-14(10-17(13)22)20-25-21(29)30-26-20/h4-5,7-8,10-12H,6,9H2,1-3H3,(H,24,28)(H,25,26,29). The van der Waals surface area contributed by atoms with Gasteiger partial charge in [-0.15, -0.1) is 0 Å². The predicted octanol–water partition coefficient (Wildman–Crippen LogP) is 3.81. The lowest BCUT2D eigenvalue weighted by atomic mass is 10.0. The molecular formula is C21H22BrFN4O3. The average molecular weight is 477 g/mol. The minimum Gasteiger partial charge on any atom is -0.377 e. The number of halogens is 2. The van der Waals surface area contributed by atoms with E-state index in [0.717, 1.165) is 21.3 Å². The fourth-order valence-corrected chi connectivity index (χ4v) is 3.75. The summed E-state index contributed by atoms with van der Waals surface area (Å²) in [7, 11) is 3.75. The van der Waals surface area contributed by atoms with Crippen LogP contribution < -0.4 is 16.0 Å². The van der Waals surface area contributed by atoms with Gasteiger partial charge in [0.05, 0.1) is 6.04 Å². The number of hydrogen-bond acceptors (Lipinski definition) is 5. The molecule has 1 unspecified atom stereocenters. The Hall–Kier alpha value is -2.94. The van der Waals surface area contributed by atoms with E-state index >= 15 is 0 Å². The van der Waals surface area contributed by atoms with E-state index in [4.69, 9.17) is 0 Å². The van der Waals surface area contributed by atoms with Gasteiger partial charge in [0.2, 0.25) is 5.91 Å². The number of carbonyl (C=O) groups is 1. The van der Waals surface area contributed by atoms with Crippen molar-refractivity contribution in [2.45, 2.75) is 25.8 Å². The normalized spacial score (nSPS) is 11.9. The second-order valence-corrected chi connectivity index (χ2v) is 7.99. The van der Waals surface area contributed by atoms with Gasteiger partial charge < -0.3 is 10.2 Å². The molecule has 2 N–H and O–H groups in total. The van der Waals surface area contributed by atoms with Crippen LogP contribution in [0.3, 0.4) is 0 Å². The first-order valence-corrected chi connectivity index (χ1v) is 10.1. The van der Waals surface area contributed by atoms with E-state index in [1.54, 1.807) is 18.2 Å². The molecule has 7 nitrogen and oxygen atoms in total. The lowest BCUT2D eigenvalue weighted by molar-refractivity contribution is -0.121. The highest BCUT2D eigenvalue weighted by Crippen LogP contribution is 2.27. The molecule has 0 saturated carbocycles. The number of anilines is 1. The smallest absolute Gasteiger partial charge is 0.377 e. The Morgan fingerprint density at radius 2 is 2.07 bits per heavy atom. The fraction of sp³-hybridized carbons (Fsp3) is 0.286. The zero-order valence-electron chi connectivity index (χ0n) is 16.8. The minimum atomic E-state index is -0.619. The molecule has 1 heterocycles. The number of hydrogen-bond donors (Lipinski definition) is 2. The van der Waals surface area contributed by atoms with Crippen molar-refractivity contribution in [3.05, 3.63) is 68.4 Å². The molecule has 0 radical (unpaired) electrons. The highest BCUT2D eigenvalue weighted by atomic mass is 79.9. The van der Waals surface area contributed by atoms with E-state index in [-0.39, 0.29) is 24.2 Å². The monoisotopic (exact) mass is 476 g/mol. The molecule has 3 aromatic rings. The molecule has 158 valence electrons. The fourth-order valence-electron chi connectivity index (χ4n) is 3.17. The molecule has 0 spiro atoms. The van der Waals surface area contributed by atoms with Crippen molar-refractivity contribution in [1.82, 2.24) is 15.5 Å². The second-order valence-electron chi connectivity index (χ2n) is 7.14. The van der Waals surface area contributed by atoms with Crippen LogP contribution in [0.15, 0.2) is 50.2 Å². The van der Waals surface area contributed by atoms with Gasteiger partial charge in [0, 0.05) is 41.8 Å². The zero-order chi connectivity index (χ0) is 21.8. The number of aromatic amines is 1. The molecule has 0 aliphatic heterocycles. The molecule has 2 aromatic carbocycles. The number of H-pyrrole nitrogens is 1. The van der Waals surface area contributed by atoms with Crippen LogP contribution in [0.2, 0.25) is 0 Å². The number of carbonyl (C=O) groups excluding carboxylic acids is 1.